The van der Waals surface area contributed by atoms with E-state index in [1.807, 2.05) is 0 Å². The first-order valence-electron chi connectivity index (χ1n) is 7.25. The predicted octanol–water partition coefficient (Wildman–Crippen LogP) is 2.67. The van der Waals surface area contributed by atoms with Gasteiger partial charge < -0.3 is 15.8 Å². The van der Waals surface area contributed by atoms with E-state index in [-0.39, 0.29) is 0 Å². The summed E-state index contributed by atoms with van der Waals surface area (Å²) in [7, 11) is 1.72. The van der Waals surface area contributed by atoms with Gasteiger partial charge in [0.2, 0.25) is 0 Å². The molecule has 3 N–H and O–H groups in total. The lowest BCUT2D eigenvalue weighted by molar-refractivity contribution is 0.326. The highest BCUT2D eigenvalue weighted by atomic mass is 16.5. The second kappa shape index (κ2) is 6.40. The molecule has 0 aromatic heterocycles. The van der Waals surface area contributed by atoms with Gasteiger partial charge in [-0.05, 0) is 49.4 Å². The fourth-order valence-electron chi connectivity index (χ4n) is 2.92. The second-order valence-corrected chi connectivity index (χ2v) is 5.61. The maximum absolute atomic E-state index is 6.17. The van der Waals surface area contributed by atoms with Crippen LogP contribution < -0.4 is 15.8 Å². The van der Waals surface area contributed by atoms with Gasteiger partial charge in [-0.3, -0.25) is 0 Å². The van der Waals surface area contributed by atoms with Crippen LogP contribution in [0.3, 0.4) is 0 Å². The van der Waals surface area contributed by atoms with Gasteiger partial charge in [0.25, 0.3) is 0 Å². The molecule has 1 aliphatic carbocycles. The lowest BCUT2D eigenvalue weighted by atomic mass is 9.90. The minimum Gasteiger partial charge on any atom is -0.496 e. The van der Waals surface area contributed by atoms with Crippen molar-refractivity contribution in [3.05, 3.63) is 28.8 Å². The number of ether oxygens (including phenoxy) is 1. The molecular weight excluding hydrogens is 236 g/mol. The monoisotopic (exact) mass is 262 g/mol. The molecule has 0 radical (unpaired) electrons. The van der Waals surface area contributed by atoms with Gasteiger partial charge in [0.15, 0.2) is 0 Å². The van der Waals surface area contributed by atoms with E-state index >= 15 is 0 Å². The van der Waals surface area contributed by atoms with Gasteiger partial charge in [0.1, 0.15) is 5.75 Å². The van der Waals surface area contributed by atoms with Gasteiger partial charge in [0, 0.05) is 18.6 Å². The van der Waals surface area contributed by atoms with Gasteiger partial charge in [-0.15, -0.1) is 0 Å². The molecule has 0 amide bonds. The molecule has 1 fully saturated rings. The molecule has 1 saturated carbocycles. The third-order valence-corrected chi connectivity index (χ3v) is 4.44. The molecule has 2 rings (SSSR count). The quantitative estimate of drug-likeness (QED) is 0.877. The number of nitrogens with one attached hydrogen (secondary N) is 1. The van der Waals surface area contributed by atoms with Crippen molar-refractivity contribution in [1.29, 1.82) is 0 Å². The Balaban J connectivity index is 2.01. The van der Waals surface area contributed by atoms with Crippen LogP contribution in [0.1, 0.15) is 42.4 Å². The lowest BCUT2D eigenvalue weighted by Crippen LogP contribution is -2.46. The minimum absolute atomic E-state index is 0.313. The smallest absolute Gasteiger partial charge is 0.122 e. The van der Waals surface area contributed by atoms with Crippen molar-refractivity contribution >= 4 is 0 Å². The Morgan fingerprint density at radius 1 is 1.21 bits per heavy atom. The maximum atomic E-state index is 6.17. The first-order valence-corrected chi connectivity index (χ1v) is 7.25. The van der Waals surface area contributed by atoms with Crippen molar-refractivity contribution in [3.63, 3.8) is 0 Å². The van der Waals surface area contributed by atoms with E-state index in [0.29, 0.717) is 12.1 Å². The fourth-order valence-corrected chi connectivity index (χ4v) is 2.92. The number of hydrogen-bond donors (Lipinski definition) is 2. The maximum Gasteiger partial charge on any atom is 0.122 e. The minimum atomic E-state index is 0.313. The normalized spacial score (nSPS) is 23.4. The molecule has 106 valence electrons. The molecule has 0 bridgehead atoms. The van der Waals surface area contributed by atoms with Gasteiger partial charge in [-0.2, -0.15) is 0 Å². The van der Waals surface area contributed by atoms with Crippen LogP contribution in [0.4, 0.5) is 0 Å². The number of methoxy groups -OCH3 is 1. The highest BCUT2D eigenvalue weighted by molar-refractivity contribution is 5.43. The van der Waals surface area contributed by atoms with Gasteiger partial charge in [-0.1, -0.05) is 18.9 Å². The summed E-state index contributed by atoms with van der Waals surface area (Å²) in [6.45, 7) is 5.18. The van der Waals surface area contributed by atoms with E-state index in [1.54, 1.807) is 7.11 Å². The molecule has 2 unspecified atom stereocenters. The van der Waals surface area contributed by atoms with Crippen LogP contribution >= 0.6 is 0 Å². The molecule has 1 aliphatic rings. The average molecular weight is 262 g/mol. The van der Waals surface area contributed by atoms with Crippen LogP contribution in [0.5, 0.6) is 5.75 Å². The average Bonchev–Trinajstić information content (AvgIpc) is 2.42. The van der Waals surface area contributed by atoms with Crippen molar-refractivity contribution in [2.45, 2.75) is 58.2 Å². The van der Waals surface area contributed by atoms with E-state index in [2.05, 4.69) is 31.3 Å². The summed E-state index contributed by atoms with van der Waals surface area (Å²) in [6.07, 6.45) is 4.93. The summed E-state index contributed by atoms with van der Waals surface area (Å²) in [5.74, 6) is 0.968. The van der Waals surface area contributed by atoms with Crippen molar-refractivity contribution in [2.24, 2.45) is 5.73 Å². The highest BCUT2D eigenvalue weighted by Gasteiger charge is 2.21. The zero-order valence-electron chi connectivity index (χ0n) is 12.3. The van der Waals surface area contributed by atoms with Gasteiger partial charge in [-0.25, -0.2) is 0 Å². The molecule has 3 heteroatoms. The summed E-state index contributed by atoms with van der Waals surface area (Å²) < 4.78 is 5.35. The molecule has 0 spiro atoms. The van der Waals surface area contributed by atoms with E-state index in [0.717, 1.165) is 18.7 Å². The largest absolute Gasteiger partial charge is 0.496 e. The van der Waals surface area contributed by atoms with E-state index in [4.69, 9.17) is 10.5 Å². The zero-order chi connectivity index (χ0) is 13.8. The molecule has 19 heavy (non-hydrogen) atoms. The summed E-state index contributed by atoms with van der Waals surface area (Å²) in [6, 6.07) is 4.99. The van der Waals surface area contributed by atoms with Crippen LogP contribution in [-0.2, 0) is 6.54 Å². The standard InChI is InChI=1S/C16H26N2O/c1-11-12(2)16(19-3)9-8-13(11)10-18-15-7-5-4-6-14(15)17/h8-9,14-15,18H,4-7,10,17H2,1-3H3. The molecule has 3 nitrogen and oxygen atoms in total. The first kappa shape index (κ1) is 14.4. The summed E-state index contributed by atoms with van der Waals surface area (Å²) in [5.41, 5.74) is 10.1. The molecule has 1 aromatic carbocycles. The van der Waals surface area contributed by atoms with Gasteiger partial charge in [0.05, 0.1) is 7.11 Å². The van der Waals surface area contributed by atoms with E-state index in [1.165, 1.54) is 36.0 Å². The molecule has 0 saturated heterocycles. The molecular formula is C16H26N2O. The van der Waals surface area contributed by atoms with Crippen molar-refractivity contribution in [1.82, 2.24) is 5.32 Å². The number of nitrogens with two attached hydrogens (primary N) is 1. The van der Waals surface area contributed by atoms with E-state index in [9.17, 15) is 0 Å². The Hall–Kier alpha value is -1.06. The molecule has 0 heterocycles. The molecule has 1 aromatic rings. The first-order chi connectivity index (χ1) is 9.13. The highest BCUT2D eigenvalue weighted by Crippen LogP contribution is 2.24. The fraction of sp³-hybridized carbons (Fsp3) is 0.625. The third kappa shape index (κ3) is 3.28. The SMILES string of the molecule is COc1ccc(CNC2CCCCC2N)c(C)c1C. The summed E-state index contributed by atoms with van der Waals surface area (Å²) in [4.78, 5) is 0. The third-order valence-electron chi connectivity index (χ3n) is 4.44. The Morgan fingerprint density at radius 2 is 1.95 bits per heavy atom. The Morgan fingerprint density at radius 3 is 2.63 bits per heavy atom. The van der Waals surface area contributed by atoms with Crippen LogP contribution in [0, 0.1) is 13.8 Å². The van der Waals surface area contributed by atoms with Crippen molar-refractivity contribution < 1.29 is 4.74 Å². The predicted molar refractivity (Wildman–Crippen MR) is 79.5 cm³/mol. The molecule has 2 atom stereocenters. The Labute approximate surface area is 116 Å². The number of rotatable bonds is 4. The number of benzene rings is 1. The summed E-state index contributed by atoms with van der Waals surface area (Å²) in [5, 5.41) is 3.63. The number of hydrogen-bond acceptors (Lipinski definition) is 3. The molecule has 0 aliphatic heterocycles. The summed E-state index contributed by atoms with van der Waals surface area (Å²) >= 11 is 0. The van der Waals surface area contributed by atoms with E-state index < -0.39 is 0 Å². The van der Waals surface area contributed by atoms with Crippen LogP contribution in [0.15, 0.2) is 12.1 Å². The van der Waals surface area contributed by atoms with Crippen molar-refractivity contribution in [2.75, 3.05) is 7.11 Å². The van der Waals surface area contributed by atoms with Crippen molar-refractivity contribution in [3.8, 4) is 5.75 Å². The Kier molecular flexibility index (Phi) is 4.83. The van der Waals surface area contributed by atoms with Gasteiger partial charge >= 0.3 is 0 Å². The second-order valence-electron chi connectivity index (χ2n) is 5.61. The zero-order valence-corrected chi connectivity index (χ0v) is 12.3. The lowest BCUT2D eigenvalue weighted by Gasteiger charge is -2.29. The topological polar surface area (TPSA) is 47.3 Å². The van der Waals surface area contributed by atoms with Crippen LogP contribution in [-0.4, -0.2) is 19.2 Å². The van der Waals surface area contributed by atoms with Crippen LogP contribution in [0.25, 0.3) is 0 Å². The van der Waals surface area contributed by atoms with Crippen LogP contribution in [0.2, 0.25) is 0 Å². The Bertz CT molecular complexity index is 431.